The van der Waals surface area contributed by atoms with Crippen molar-refractivity contribution in [2.75, 3.05) is 0 Å². The molecule has 0 bridgehead atoms. The number of hydrogen-bond acceptors (Lipinski definition) is 3. The number of carbonyl (C=O) groups is 1. The van der Waals surface area contributed by atoms with Crippen molar-refractivity contribution in [2.45, 2.75) is 13.5 Å². The molecule has 0 atom stereocenters. The lowest BCUT2D eigenvalue weighted by Crippen LogP contribution is -2.30. The molecule has 5 heteroatoms. The summed E-state index contributed by atoms with van der Waals surface area (Å²) in [4.78, 5) is 11.7. The van der Waals surface area contributed by atoms with Crippen LogP contribution in [0.15, 0.2) is 46.9 Å². The second kappa shape index (κ2) is 6.54. The molecule has 2 aromatic carbocycles. The number of hydrazine groups is 1. The van der Waals surface area contributed by atoms with Crippen molar-refractivity contribution in [2.24, 2.45) is 5.84 Å². The van der Waals surface area contributed by atoms with E-state index in [1.165, 1.54) is 5.56 Å². The van der Waals surface area contributed by atoms with E-state index in [0.717, 1.165) is 10.0 Å². The van der Waals surface area contributed by atoms with E-state index in [0.29, 0.717) is 17.9 Å². The zero-order valence-corrected chi connectivity index (χ0v) is 12.6. The highest BCUT2D eigenvalue weighted by Gasteiger charge is 2.12. The molecule has 0 aliphatic rings. The number of hydrogen-bond donors (Lipinski definition) is 2. The van der Waals surface area contributed by atoms with E-state index >= 15 is 0 Å². The maximum Gasteiger partial charge on any atom is 0.268 e. The van der Waals surface area contributed by atoms with Crippen molar-refractivity contribution in [1.29, 1.82) is 0 Å². The maximum absolute atomic E-state index is 11.7. The van der Waals surface area contributed by atoms with Crippen LogP contribution in [0.4, 0.5) is 0 Å². The predicted octanol–water partition coefficient (Wildman–Crippen LogP) is 2.94. The molecule has 0 saturated heterocycles. The Kier molecular flexibility index (Phi) is 4.76. The van der Waals surface area contributed by atoms with Crippen molar-refractivity contribution < 1.29 is 9.53 Å². The molecule has 0 unspecified atom stereocenters. The molecule has 20 heavy (non-hydrogen) atoms. The molecule has 0 radical (unpaired) electrons. The van der Waals surface area contributed by atoms with E-state index in [1.54, 1.807) is 12.1 Å². The number of halogens is 1. The van der Waals surface area contributed by atoms with E-state index in [4.69, 9.17) is 10.6 Å². The van der Waals surface area contributed by atoms with Gasteiger partial charge in [0.05, 0.1) is 5.56 Å². The molecule has 0 heterocycles. The third-order valence-corrected chi connectivity index (χ3v) is 3.33. The van der Waals surface area contributed by atoms with E-state index < -0.39 is 0 Å². The van der Waals surface area contributed by atoms with Crippen LogP contribution in [0.3, 0.4) is 0 Å². The van der Waals surface area contributed by atoms with Gasteiger partial charge < -0.3 is 4.74 Å². The molecule has 0 saturated carbocycles. The molecule has 3 N–H and O–H groups in total. The quantitative estimate of drug-likeness (QED) is 0.513. The minimum atomic E-state index is -0.384. The first-order valence-electron chi connectivity index (χ1n) is 6.09. The summed E-state index contributed by atoms with van der Waals surface area (Å²) in [7, 11) is 0. The third-order valence-electron chi connectivity index (χ3n) is 2.83. The topological polar surface area (TPSA) is 64.3 Å². The normalized spacial score (nSPS) is 10.2. The van der Waals surface area contributed by atoms with Crippen LogP contribution in [0, 0.1) is 6.92 Å². The average Bonchev–Trinajstić information content (AvgIpc) is 2.46. The number of aryl methyl sites for hydroxylation is 1. The zero-order chi connectivity index (χ0) is 14.5. The Bertz CT molecular complexity index is 612. The van der Waals surface area contributed by atoms with Gasteiger partial charge in [-0.2, -0.15) is 0 Å². The van der Waals surface area contributed by atoms with Crippen LogP contribution in [0.2, 0.25) is 0 Å². The summed E-state index contributed by atoms with van der Waals surface area (Å²) in [5.74, 6) is 5.29. The minimum absolute atomic E-state index is 0.384. The van der Waals surface area contributed by atoms with Crippen LogP contribution in [0.5, 0.6) is 5.75 Å². The highest BCUT2D eigenvalue weighted by Crippen LogP contribution is 2.24. The molecule has 2 aromatic rings. The van der Waals surface area contributed by atoms with E-state index in [2.05, 4.69) is 21.4 Å². The van der Waals surface area contributed by atoms with Crippen LogP contribution in [0.25, 0.3) is 0 Å². The molecular weight excluding hydrogens is 320 g/mol. The van der Waals surface area contributed by atoms with Gasteiger partial charge in [0.1, 0.15) is 12.4 Å². The minimum Gasteiger partial charge on any atom is -0.488 e. The Hall–Kier alpha value is -1.85. The second-order valence-corrected chi connectivity index (χ2v) is 5.30. The monoisotopic (exact) mass is 334 g/mol. The van der Waals surface area contributed by atoms with Crippen molar-refractivity contribution in [1.82, 2.24) is 5.43 Å². The van der Waals surface area contributed by atoms with Gasteiger partial charge in [0.25, 0.3) is 5.91 Å². The van der Waals surface area contributed by atoms with Gasteiger partial charge in [0.2, 0.25) is 0 Å². The van der Waals surface area contributed by atoms with E-state index in [9.17, 15) is 4.79 Å². The Balaban J connectivity index is 2.16. The Labute approximate surface area is 126 Å². The molecule has 0 spiro atoms. The predicted molar refractivity (Wildman–Crippen MR) is 81.3 cm³/mol. The Morgan fingerprint density at radius 3 is 2.60 bits per heavy atom. The summed E-state index contributed by atoms with van der Waals surface area (Å²) in [6.07, 6.45) is 0. The fourth-order valence-electron chi connectivity index (χ4n) is 1.73. The first-order valence-corrected chi connectivity index (χ1v) is 6.88. The fourth-order valence-corrected chi connectivity index (χ4v) is 2.09. The number of nitrogens with two attached hydrogens (primary N) is 1. The molecule has 0 aromatic heterocycles. The maximum atomic E-state index is 11.7. The van der Waals surface area contributed by atoms with Crippen molar-refractivity contribution in [3.8, 4) is 5.75 Å². The summed E-state index contributed by atoms with van der Waals surface area (Å²) >= 11 is 3.32. The molecular formula is C15H15BrN2O2. The molecule has 0 aliphatic heterocycles. The number of amides is 1. The van der Waals surface area contributed by atoms with Crippen molar-refractivity contribution in [3.63, 3.8) is 0 Å². The smallest absolute Gasteiger partial charge is 0.268 e. The van der Waals surface area contributed by atoms with Gasteiger partial charge in [-0.05, 0) is 30.7 Å². The Morgan fingerprint density at radius 2 is 1.95 bits per heavy atom. The SMILES string of the molecule is Cc1ccc(COc2ccc(Br)cc2C(=O)NN)cc1. The number of nitrogen functional groups attached to an aromatic ring is 1. The van der Waals surface area contributed by atoms with Gasteiger partial charge in [-0.3, -0.25) is 10.2 Å². The van der Waals surface area contributed by atoms with Gasteiger partial charge >= 0.3 is 0 Å². The highest BCUT2D eigenvalue weighted by molar-refractivity contribution is 9.10. The summed E-state index contributed by atoms with van der Waals surface area (Å²) < 4.78 is 6.49. The van der Waals surface area contributed by atoms with Crippen molar-refractivity contribution >= 4 is 21.8 Å². The largest absolute Gasteiger partial charge is 0.488 e. The van der Waals surface area contributed by atoms with Gasteiger partial charge in [-0.1, -0.05) is 45.8 Å². The third kappa shape index (κ3) is 3.59. The van der Waals surface area contributed by atoms with Crippen molar-refractivity contribution in [3.05, 3.63) is 63.6 Å². The lowest BCUT2D eigenvalue weighted by atomic mass is 10.1. The van der Waals surface area contributed by atoms with Crippen LogP contribution in [-0.2, 0) is 6.61 Å². The molecule has 1 amide bonds. The van der Waals surface area contributed by atoms with Gasteiger partial charge in [0.15, 0.2) is 0 Å². The van der Waals surface area contributed by atoms with Crippen LogP contribution in [-0.4, -0.2) is 5.91 Å². The number of carbonyl (C=O) groups excluding carboxylic acids is 1. The summed E-state index contributed by atoms with van der Waals surface area (Å²) in [6.45, 7) is 2.43. The molecule has 104 valence electrons. The van der Waals surface area contributed by atoms with Crippen LogP contribution >= 0.6 is 15.9 Å². The Morgan fingerprint density at radius 1 is 1.25 bits per heavy atom. The molecule has 2 rings (SSSR count). The number of benzene rings is 2. The fraction of sp³-hybridized carbons (Fsp3) is 0.133. The van der Waals surface area contributed by atoms with Gasteiger partial charge in [-0.25, -0.2) is 5.84 Å². The summed E-state index contributed by atoms with van der Waals surface area (Å²) in [5.41, 5.74) is 4.75. The zero-order valence-electron chi connectivity index (χ0n) is 11.0. The van der Waals surface area contributed by atoms with Crippen LogP contribution in [0.1, 0.15) is 21.5 Å². The van der Waals surface area contributed by atoms with Gasteiger partial charge in [-0.15, -0.1) is 0 Å². The summed E-state index contributed by atoms with van der Waals surface area (Å²) in [5, 5.41) is 0. The van der Waals surface area contributed by atoms with E-state index in [1.807, 2.05) is 37.3 Å². The number of rotatable bonds is 4. The molecule has 0 aliphatic carbocycles. The van der Waals surface area contributed by atoms with Gasteiger partial charge in [0, 0.05) is 4.47 Å². The molecule has 4 nitrogen and oxygen atoms in total. The highest BCUT2D eigenvalue weighted by atomic mass is 79.9. The first kappa shape index (κ1) is 14.6. The number of ether oxygens (including phenoxy) is 1. The lowest BCUT2D eigenvalue weighted by Gasteiger charge is -2.11. The standard InChI is InChI=1S/C15H15BrN2O2/c1-10-2-4-11(5-3-10)9-20-14-7-6-12(16)8-13(14)15(19)18-17/h2-8H,9,17H2,1H3,(H,18,19). The average molecular weight is 335 g/mol. The lowest BCUT2D eigenvalue weighted by molar-refractivity contribution is 0.0949. The number of nitrogens with one attached hydrogen (secondary N) is 1. The first-order chi connectivity index (χ1) is 9.60. The molecule has 0 fully saturated rings. The summed E-state index contributed by atoms with van der Waals surface area (Å²) in [6, 6.07) is 13.3. The van der Waals surface area contributed by atoms with E-state index in [-0.39, 0.29) is 5.91 Å². The van der Waals surface area contributed by atoms with Crippen LogP contribution < -0.4 is 16.0 Å². The second-order valence-electron chi connectivity index (χ2n) is 4.39.